The van der Waals surface area contributed by atoms with Gasteiger partial charge in [0, 0.05) is 24.0 Å². The molecule has 0 aromatic carbocycles. The Morgan fingerprint density at radius 3 is 2.58 bits per heavy atom. The smallest absolute Gasteiger partial charge is 0.271 e. The van der Waals surface area contributed by atoms with Gasteiger partial charge < -0.3 is 19.7 Å². The number of aromatic nitrogens is 1. The monoisotopic (exact) mass is 470 g/mol. The van der Waals surface area contributed by atoms with Crippen LogP contribution in [-0.2, 0) is 17.8 Å². The third-order valence-corrected chi connectivity index (χ3v) is 9.41. The van der Waals surface area contributed by atoms with Gasteiger partial charge in [-0.15, -0.1) is 11.3 Å². The van der Waals surface area contributed by atoms with Gasteiger partial charge in [0.1, 0.15) is 11.2 Å². The molecular weight excluding hydrogens is 432 g/mol. The van der Waals surface area contributed by atoms with Gasteiger partial charge in [-0.05, 0) is 83.0 Å². The molecule has 6 nitrogen and oxygen atoms in total. The lowest BCUT2D eigenvalue weighted by molar-refractivity contribution is -0.134. The number of rotatable bonds is 6. The van der Waals surface area contributed by atoms with Crippen LogP contribution in [0.5, 0.6) is 0 Å². The molecule has 33 heavy (non-hydrogen) atoms. The van der Waals surface area contributed by atoms with Crippen LogP contribution in [0, 0.1) is 5.92 Å². The van der Waals surface area contributed by atoms with E-state index >= 15 is 0 Å². The first-order valence-electron chi connectivity index (χ1n) is 12.9. The van der Waals surface area contributed by atoms with Crippen molar-refractivity contribution in [2.24, 2.45) is 5.92 Å². The van der Waals surface area contributed by atoms with Crippen molar-refractivity contribution < 1.29 is 9.59 Å². The number of carbonyl (C=O) groups is 2. The number of nitrogens with zero attached hydrogens (tertiary/aromatic N) is 3. The van der Waals surface area contributed by atoms with Gasteiger partial charge in [0.2, 0.25) is 5.91 Å². The van der Waals surface area contributed by atoms with Crippen molar-refractivity contribution in [2.45, 2.75) is 83.8 Å². The highest BCUT2D eigenvalue weighted by Gasteiger charge is 2.48. The molecule has 7 heteroatoms. The maximum absolute atomic E-state index is 13.8. The molecule has 0 bridgehead atoms. The summed E-state index contributed by atoms with van der Waals surface area (Å²) in [6, 6.07) is 4.47. The molecule has 4 heterocycles. The van der Waals surface area contributed by atoms with Crippen LogP contribution in [0.25, 0.3) is 10.2 Å². The highest BCUT2D eigenvalue weighted by molar-refractivity contribution is 7.19. The van der Waals surface area contributed by atoms with E-state index in [2.05, 4.69) is 34.7 Å². The number of thiophene rings is 1. The zero-order valence-electron chi connectivity index (χ0n) is 20.4. The number of amides is 2. The molecule has 2 aromatic heterocycles. The zero-order chi connectivity index (χ0) is 23.2. The fourth-order valence-electron chi connectivity index (χ4n) is 5.91. The lowest BCUT2D eigenvalue weighted by Gasteiger charge is -2.45. The molecule has 1 atom stereocenters. The number of hydrogen-bond donors (Lipinski definition) is 1. The van der Waals surface area contributed by atoms with Crippen LogP contribution in [0.2, 0.25) is 0 Å². The van der Waals surface area contributed by atoms with Gasteiger partial charge in [0.15, 0.2) is 0 Å². The maximum atomic E-state index is 13.8. The van der Waals surface area contributed by atoms with E-state index in [1.54, 1.807) is 11.3 Å². The molecule has 3 aliphatic rings. The molecule has 1 N–H and O–H groups in total. The van der Waals surface area contributed by atoms with Crippen molar-refractivity contribution in [2.75, 3.05) is 26.2 Å². The topological polar surface area (TPSA) is 57.6 Å². The molecule has 1 saturated heterocycles. The Kier molecular flexibility index (Phi) is 6.29. The fourth-order valence-corrected chi connectivity index (χ4v) is 6.95. The summed E-state index contributed by atoms with van der Waals surface area (Å²) in [4.78, 5) is 33.3. The Labute approximate surface area is 201 Å². The average molecular weight is 471 g/mol. The second-order valence-corrected chi connectivity index (χ2v) is 11.8. The zero-order valence-corrected chi connectivity index (χ0v) is 21.2. The first-order chi connectivity index (χ1) is 15.9. The Morgan fingerprint density at radius 2 is 1.88 bits per heavy atom. The largest absolute Gasteiger partial charge is 0.351 e. The minimum Gasteiger partial charge on any atom is -0.351 e. The molecule has 2 aromatic rings. The Morgan fingerprint density at radius 1 is 1.15 bits per heavy atom. The molecule has 2 amide bonds. The van der Waals surface area contributed by atoms with E-state index in [9.17, 15) is 9.59 Å². The number of carbonyl (C=O) groups excluding carboxylic acids is 2. The number of nitrogens with one attached hydrogen (secondary N) is 1. The summed E-state index contributed by atoms with van der Waals surface area (Å²) in [7, 11) is 0. The number of hydrogen-bond acceptors (Lipinski definition) is 4. The first kappa shape index (κ1) is 22.9. The van der Waals surface area contributed by atoms with Crippen molar-refractivity contribution in [3.8, 4) is 0 Å². The lowest BCUT2D eigenvalue weighted by Crippen LogP contribution is -2.65. The van der Waals surface area contributed by atoms with Gasteiger partial charge in [-0.3, -0.25) is 9.59 Å². The number of fused-ring (bicyclic) bond motifs is 3. The molecule has 2 aliphatic heterocycles. The summed E-state index contributed by atoms with van der Waals surface area (Å²) in [6.45, 7) is 10.6. The number of aryl methyl sites for hydroxylation is 1. The molecule has 1 saturated carbocycles. The summed E-state index contributed by atoms with van der Waals surface area (Å²) < 4.78 is 3.27. The second-order valence-electron chi connectivity index (χ2n) is 10.6. The van der Waals surface area contributed by atoms with E-state index in [4.69, 9.17) is 0 Å². The van der Waals surface area contributed by atoms with Crippen molar-refractivity contribution >= 4 is 33.4 Å². The van der Waals surface area contributed by atoms with Crippen LogP contribution in [-0.4, -0.2) is 63.9 Å². The van der Waals surface area contributed by atoms with Gasteiger partial charge in [0.05, 0.1) is 16.8 Å². The first-order valence-corrected chi connectivity index (χ1v) is 13.7. The Balaban J connectivity index is 1.44. The summed E-state index contributed by atoms with van der Waals surface area (Å²) in [5, 5.41) is 3.36. The molecule has 180 valence electrons. The Bertz CT molecular complexity index is 1030. The predicted octanol–water partition coefficient (Wildman–Crippen LogP) is 4.27. The highest BCUT2D eigenvalue weighted by atomic mass is 32.1. The minimum atomic E-state index is -0.882. The molecule has 0 radical (unpaired) electrons. The summed E-state index contributed by atoms with van der Waals surface area (Å²) in [6.07, 6.45) is 7.84. The van der Waals surface area contributed by atoms with Crippen LogP contribution in [0.1, 0.15) is 74.7 Å². The van der Waals surface area contributed by atoms with E-state index in [-0.39, 0.29) is 17.9 Å². The van der Waals surface area contributed by atoms with Gasteiger partial charge in [0.25, 0.3) is 5.91 Å². The van der Waals surface area contributed by atoms with Crippen molar-refractivity contribution in [3.63, 3.8) is 0 Å². The fraction of sp³-hybridized carbons (Fsp3) is 0.692. The maximum Gasteiger partial charge on any atom is 0.271 e. The molecular formula is C26H38N4O2S. The molecule has 0 unspecified atom stereocenters. The standard InChI is InChI=1S/C26H38N4O2S/c1-4-20-15-21-23(33-20)16-22-24(31)30(14-13-28-11-5-6-12-28)26(3,17-29(21)22)25(32)27-19-9-7-18(2)8-10-19/h15-16,18-19H,4-14,17H2,1-3H3,(H,27,32)/t18?,19?,26-/m1/s1. The quantitative estimate of drug-likeness (QED) is 0.686. The van der Waals surface area contributed by atoms with E-state index in [1.165, 1.54) is 17.7 Å². The molecule has 1 aliphatic carbocycles. The van der Waals surface area contributed by atoms with Crippen molar-refractivity contribution in [1.29, 1.82) is 0 Å². The summed E-state index contributed by atoms with van der Waals surface area (Å²) in [5.74, 6) is 0.746. The number of likely N-dealkylation sites (tertiary alicyclic amines) is 1. The van der Waals surface area contributed by atoms with Crippen molar-refractivity contribution in [1.82, 2.24) is 19.7 Å². The van der Waals surface area contributed by atoms with Gasteiger partial charge in [-0.2, -0.15) is 0 Å². The second kappa shape index (κ2) is 9.06. The van der Waals surface area contributed by atoms with Crippen LogP contribution in [0.15, 0.2) is 12.1 Å². The third-order valence-electron chi connectivity index (χ3n) is 8.19. The summed E-state index contributed by atoms with van der Waals surface area (Å²) in [5.41, 5.74) is 0.953. The van der Waals surface area contributed by atoms with Crippen LogP contribution >= 0.6 is 11.3 Å². The van der Waals surface area contributed by atoms with E-state index in [0.29, 0.717) is 13.1 Å². The third kappa shape index (κ3) is 4.23. The lowest BCUT2D eigenvalue weighted by atomic mass is 9.86. The van der Waals surface area contributed by atoms with E-state index < -0.39 is 5.54 Å². The van der Waals surface area contributed by atoms with Crippen molar-refractivity contribution in [3.05, 3.63) is 22.7 Å². The van der Waals surface area contributed by atoms with E-state index in [0.717, 1.165) is 73.6 Å². The van der Waals surface area contributed by atoms with Gasteiger partial charge in [-0.1, -0.05) is 13.8 Å². The van der Waals surface area contributed by atoms with Gasteiger partial charge in [-0.25, -0.2) is 0 Å². The predicted molar refractivity (Wildman–Crippen MR) is 134 cm³/mol. The van der Waals surface area contributed by atoms with Gasteiger partial charge >= 0.3 is 0 Å². The average Bonchev–Trinajstić information content (AvgIpc) is 3.52. The van der Waals surface area contributed by atoms with E-state index in [1.807, 2.05) is 17.9 Å². The molecule has 5 rings (SSSR count). The van der Waals surface area contributed by atoms with Crippen LogP contribution in [0.3, 0.4) is 0 Å². The minimum absolute atomic E-state index is 0.00295. The summed E-state index contributed by atoms with van der Waals surface area (Å²) >= 11 is 1.76. The molecule has 2 fully saturated rings. The van der Waals surface area contributed by atoms with Crippen LogP contribution in [0.4, 0.5) is 0 Å². The van der Waals surface area contributed by atoms with Crippen LogP contribution < -0.4 is 5.32 Å². The highest BCUT2D eigenvalue weighted by Crippen LogP contribution is 2.36. The SMILES string of the molecule is CCc1cc2c(cc3n2C[C@](C)(C(=O)NC2CCC(C)CC2)N(CCN2CCCC2)C3=O)s1. The molecule has 0 spiro atoms. The normalized spacial score (nSPS) is 28.5. The Hall–Kier alpha value is -1.86.